The van der Waals surface area contributed by atoms with Crippen molar-refractivity contribution in [2.75, 3.05) is 4.72 Å². The van der Waals surface area contributed by atoms with Gasteiger partial charge in [0.1, 0.15) is 11.4 Å². The van der Waals surface area contributed by atoms with Gasteiger partial charge < -0.3 is 10.2 Å². The van der Waals surface area contributed by atoms with E-state index in [-0.39, 0.29) is 10.6 Å². The van der Waals surface area contributed by atoms with Gasteiger partial charge in [-0.2, -0.15) is 5.10 Å². The Hall–Kier alpha value is -2.62. The number of carboxylic acids is 1. The number of phenolic OH excluding ortho intramolecular Hbond substituents is 1. The van der Waals surface area contributed by atoms with Crippen molar-refractivity contribution in [2.24, 2.45) is 0 Å². The zero-order valence-electron chi connectivity index (χ0n) is 10.4. The second-order valence-corrected chi connectivity index (χ2v) is 5.72. The third-order valence-electron chi connectivity index (χ3n) is 2.42. The van der Waals surface area contributed by atoms with Crippen LogP contribution in [0.2, 0.25) is 0 Å². The summed E-state index contributed by atoms with van der Waals surface area (Å²) in [6, 6.07) is 2.99. The van der Waals surface area contributed by atoms with E-state index in [4.69, 9.17) is 10.2 Å². The Morgan fingerprint density at radius 1 is 1.43 bits per heavy atom. The molecule has 1 heterocycles. The number of halogens is 1. The lowest BCUT2D eigenvalue weighted by Crippen LogP contribution is -2.13. The van der Waals surface area contributed by atoms with Crippen molar-refractivity contribution in [1.82, 2.24) is 9.78 Å². The summed E-state index contributed by atoms with van der Waals surface area (Å²) in [6.45, 7) is -0.483. The van der Waals surface area contributed by atoms with Gasteiger partial charge in [-0.25, -0.2) is 12.8 Å². The Kier molecular flexibility index (Phi) is 3.80. The number of phenols is 1. The highest BCUT2D eigenvalue weighted by Gasteiger charge is 2.18. The molecule has 0 fully saturated rings. The number of nitrogens with one attached hydrogen (secondary N) is 1. The van der Waals surface area contributed by atoms with E-state index in [0.717, 1.165) is 29.2 Å². The first-order valence-corrected chi connectivity index (χ1v) is 7.02. The lowest BCUT2D eigenvalue weighted by Gasteiger charge is -2.06. The van der Waals surface area contributed by atoms with Crippen molar-refractivity contribution in [3.63, 3.8) is 0 Å². The van der Waals surface area contributed by atoms with E-state index in [9.17, 15) is 17.6 Å². The molecule has 0 unspecified atom stereocenters. The van der Waals surface area contributed by atoms with Crippen LogP contribution in [0.3, 0.4) is 0 Å². The van der Waals surface area contributed by atoms with Gasteiger partial charge in [0.05, 0.1) is 11.9 Å². The van der Waals surface area contributed by atoms with Crippen LogP contribution in [0.5, 0.6) is 5.75 Å². The van der Waals surface area contributed by atoms with E-state index in [1.165, 1.54) is 6.07 Å². The van der Waals surface area contributed by atoms with Crippen molar-refractivity contribution in [3.05, 3.63) is 36.4 Å². The minimum atomic E-state index is -4.03. The monoisotopic (exact) mass is 315 g/mol. The van der Waals surface area contributed by atoms with E-state index in [2.05, 4.69) is 9.82 Å². The van der Waals surface area contributed by atoms with Gasteiger partial charge >= 0.3 is 5.97 Å². The summed E-state index contributed by atoms with van der Waals surface area (Å²) >= 11 is 0. The average Bonchev–Trinajstić information content (AvgIpc) is 2.82. The van der Waals surface area contributed by atoms with Gasteiger partial charge in [0.25, 0.3) is 10.0 Å². The largest absolute Gasteiger partial charge is 0.505 e. The lowest BCUT2D eigenvalue weighted by molar-refractivity contribution is -0.137. The Labute approximate surface area is 118 Å². The number of anilines is 1. The lowest BCUT2D eigenvalue weighted by atomic mass is 10.3. The van der Waals surface area contributed by atoms with E-state index in [1.54, 1.807) is 0 Å². The van der Waals surface area contributed by atoms with Crippen LogP contribution in [-0.2, 0) is 21.4 Å². The zero-order valence-corrected chi connectivity index (χ0v) is 11.2. The summed E-state index contributed by atoms with van der Waals surface area (Å²) < 4.78 is 40.2. The minimum Gasteiger partial charge on any atom is -0.505 e. The van der Waals surface area contributed by atoms with Crippen LogP contribution in [0.4, 0.5) is 10.1 Å². The molecule has 0 amide bonds. The molecule has 2 rings (SSSR count). The predicted molar refractivity (Wildman–Crippen MR) is 68.7 cm³/mol. The molecule has 1 aromatic heterocycles. The molecule has 0 atom stereocenters. The molecule has 0 saturated heterocycles. The third-order valence-corrected chi connectivity index (χ3v) is 3.75. The summed E-state index contributed by atoms with van der Waals surface area (Å²) in [5.74, 6) is -2.75. The second kappa shape index (κ2) is 5.40. The maximum atomic E-state index is 13.1. The Balaban J connectivity index is 2.23. The molecule has 0 radical (unpaired) electrons. The van der Waals surface area contributed by atoms with Gasteiger partial charge in [-0.15, -0.1) is 0 Å². The van der Waals surface area contributed by atoms with Crippen molar-refractivity contribution < 1.29 is 27.8 Å². The molecule has 112 valence electrons. The first-order chi connectivity index (χ1) is 9.78. The van der Waals surface area contributed by atoms with Crippen molar-refractivity contribution in [3.8, 4) is 5.75 Å². The fourth-order valence-electron chi connectivity index (χ4n) is 1.49. The highest BCUT2D eigenvalue weighted by atomic mass is 32.2. The molecule has 0 aliphatic heterocycles. The molecule has 0 saturated carbocycles. The highest BCUT2D eigenvalue weighted by Crippen LogP contribution is 2.21. The molecule has 8 nitrogen and oxygen atoms in total. The molecule has 0 aliphatic carbocycles. The number of carboxylic acid groups (broad SMARTS) is 1. The average molecular weight is 315 g/mol. The summed E-state index contributed by atoms with van der Waals surface area (Å²) in [7, 11) is -4.03. The second-order valence-electron chi connectivity index (χ2n) is 4.04. The normalized spacial score (nSPS) is 11.3. The van der Waals surface area contributed by atoms with Gasteiger partial charge in [-0.3, -0.25) is 14.2 Å². The van der Waals surface area contributed by atoms with Crippen molar-refractivity contribution in [1.29, 1.82) is 0 Å². The van der Waals surface area contributed by atoms with Crippen molar-refractivity contribution >= 4 is 21.7 Å². The number of sulfonamides is 1. The number of benzene rings is 1. The van der Waals surface area contributed by atoms with Gasteiger partial charge in [-0.1, -0.05) is 0 Å². The maximum Gasteiger partial charge on any atom is 0.325 e. The van der Waals surface area contributed by atoms with Gasteiger partial charge in [0.2, 0.25) is 0 Å². The van der Waals surface area contributed by atoms with Crippen LogP contribution in [-0.4, -0.2) is 34.4 Å². The number of nitrogens with zero attached hydrogens (tertiary/aromatic N) is 2. The number of rotatable bonds is 5. The van der Waals surface area contributed by atoms with Crippen LogP contribution in [0, 0.1) is 5.82 Å². The topological polar surface area (TPSA) is 122 Å². The summed E-state index contributed by atoms with van der Waals surface area (Å²) in [5.41, 5.74) is -0.0868. The Bertz CT molecular complexity index is 787. The number of aromatic hydroxyl groups is 1. The molecule has 0 bridgehead atoms. The summed E-state index contributed by atoms with van der Waals surface area (Å²) in [4.78, 5) is 10.2. The Morgan fingerprint density at radius 3 is 2.76 bits per heavy atom. The standard InChI is InChI=1S/C11H10FN3O5S/c12-9-3-7(1-2-10(9)16)14-21(19,20)8-4-13-15(5-8)6-11(17)18/h1-5,14,16H,6H2,(H,17,18). The highest BCUT2D eigenvalue weighted by molar-refractivity contribution is 7.92. The van der Waals surface area contributed by atoms with Gasteiger partial charge in [-0.05, 0) is 12.1 Å². The molecule has 3 N–H and O–H groups in total. The third kappa shape index (κ3) is 3.48. The number of aromatic nitrogens is 2. The van der Waals surface area contributed by atoms with E-state index >= 15 is 0 Å². The molecular formula is C11H10FN3O5S. The smallest absolute Gasteiger partial charge is 0.325 e. The van der Waals surface area contributed by atoms with Crippen LogP contribution in [0.15, 0.2) is 35.5 Å². The van der Waals surface area contributed by atoms with E-state index in [1.807, 2.05) is 0 Å². The molecule has 0 spiro atoms. The Morgan fingerprint density at radius 2 is 2.14 bits per heavy atom. The first kappa shape index (κ1) is 14.8. The fourth-order valence-corrected chi connectivity index (χ4v) is 2.49. The summed E-state index contributed by atoms with van der Waals surface area (Å²) in [5, 5.41) is 21.2. The minimum absolute atomic E-state index is 0.0868. The van der Waals surface area contributed by atoms with Crippen LogP contribution < -0.4 is 4.72 Å². The van der Waals surface area contributed by atoms with Gasteiger partial charge in [0.15, 0.2) is 11.6 Å². The molecule has 1 aromatic carbocycles. The number of hydrogen-bond acceptors (Lipinski definition) is 5. The van der Waals surface area contributed by atoms with Crippen LogP contribution >= 0.6 is 0 Å². The van der Waals surface area contributed by atoms with Crippen LogP contribution in [0.1, 0.15) is 0 Å². The van der Waals surface area contributed by atoms with Gasteiger partial charge in [0, 0.05) is 12.3 Å². The first-order valence-electron chi connectivity index (χ1n) is 5.53. The van der Waals surface area contributed by atoms with E-state index in [0.29, 0.717) is 0 Å². The molecule has 21 heavy (non-hydrogen) atoms. The molecule has 0 aliphatic rings. The fraction of sp³-hybridized carbons (Fsp3) is 0.0909. The zero-order chi connectivity index (χ0) is 15.6. The summed E-state index contributed by atoms with van der Waals surface area (Å²) in [6.07, 6.45) is 2.01. The van der Waals surface area contributed by atoms with E-state index < -0.39 is 34.1 Å². The maximum absolute atomic E-state index is 13.1. The van der Waals surface area contributed by atoms with Crippen LogP contribution in [0.25, 0.3) is 0 Å². The number of aliphatic carboxylic acids is 1. The quantitative estimate of drug-likeness (QED) is 0.695. The predicted octanol–water partition coefficient (Wildman–Crippen LogP) is 0.613. The molecular weight excluding hydrogens is 305 g/mol. The molecule has 2 aromatic rings. The number of hydrogen-bond donors (Lipinski definition) is 3. The van der Waals surface area contributed by atoms with Crippen molar-refractivity contribution in [2.45, 2.75) is 11.4 Å². The SMILES string of the molecule is O=C(O)Cn1cc(S(=O)(=O)Nc2ccc(O)c(F)c2)cn1. The number of carbonyl (C=O) groups is 1. The molecule has 10 heteroatoms.